The first kappa shape index (κ1) is 13.6. The molecule has 1 aliphatic heterocycles. The molecule has 2 rings (SSSR count). The van der Waals surface area contributed by atoms with Crippen LogP contribution in [-0.4, -0.2) is 46.1 Å². The molecule has 104 valence electrons. The molecule has 0 aliphatic carbocycles. The molecule has 1 N–H and O–H groups in total. The third kappa shape index (κ3) is 2.96. The van der Waals surface area contributed by atoms with Crippen LogP contribution in [0.15, 0.2) is 24.3 Å². The smallest absolute Gasteiger partial charge is 0.414 e. The van der Waals surface area contributed by atoms with E-state index in [1.165, 1.54) is 19.0 Å². The lowest BCUT2D eigenvalue weighted by molar-refractivity contribution is 0.181. The van der Waals surface area contributed by atoms with Crippen molar-refractivity contribution in [2.24, 2.45) is 0 Å². The van der Waals surface area contributed by atoms with Gasteiger partial charge in [0.05, 0.1) is 6.54 Å². The molecule has 1 fully saturated rings. The summed E-state index contributed by atoms with van der Waals surface area (Å²) in [7, 11) is -0.633. The predicted octanol–water partition coefficient (Wildman–Crippen LogP) is 0.861. The largest absolute Gasteiger partial charge is 0.447 e. The molecule has 19 heavy (non-hydrogen) atoms. The van der Waals surface area contributed by atoms with Crippen molar-refractivity contribution in [3.05, 3.63) is 24.3 Å². The third-order valence-corrected chi connectivity index (χ3v) is 4.12. The molecule has 1 amide bonds. The highest BCUT2D eigenvalue weighted by atomic mass is 32.2. The van der Waals surface area contributed by atoms with Crippen LogP contribution >= 0.6 is 0 Å². The Morgan fingerprint density at radius 2 is 1.89 bits per heavy atom. The number of hydrogen-bond acceptors (Lipinski definition) is 4. The van der Waals surface area contributed by atoms with Gasteiger partial charge >= 0.3 is 16.3 Å². The molecule has 1 aliphatic rings. The fraction of sp³-hybridized carbons (Fsp3) is 0.364. The van der Waals surface area contributed by atoms with Gasteiger partial charge in [-0.25, -0.2) is 4.79 Å². The molecule has 1 heterocycles. The number of ether oxygens (including phenoxy) is 1. The van der Waals surface area contributed by atoms with E-state index in [9.17, 15) is 13.2 Å². The van der Waals surface area contributed by atoms with Crippen LogP contribution in [0.1, 0.15) is 0 Å². The van der Waals surface area contributed by atoms with Gasteiger partial charge < -0.3 is 4.74 Å². The van der Waals surface area contributed by atoms with Crippen molar-refractivity contribution in [3.63, 3.8) is 0 Å². The molecule has 0 bridgehead atoms. The molecule has 1 aromatic rings. The van der Waals surface area contributed by atoms with Crippen LogP contribution in [0, 0.1) is 0 Å². The summed E-state index contributed by atoms with van der Waals surface area (Å²) in [4.78, 5) is 12.9. The highest BCUT2D eigenvalue weighted by molar-refractivity contribution is 7.90. The van der Waals surface area contributed by atoms with Crippen LogP contribution in [0.4, 0.5) is 16.2 Å². The van der Waals surface area contributed by atoms with Gasteiger partial charge in [0, 0.05) is 25.5 Å². The summed E-state index contributed by atoms with van der Waals surface area (Å²) in [6.07, 6.45) is -0.387. The predicted molar refractivity (Wildman–Crippen MR) is 71.4 cm³/mol. The molecule has 0 aromatic heterocycles. The summed E-state index contributed by atoms with van der Waals surface area (Å²) in [6, 6.07) is 6.53. The van der Waals surface area contributed by atoms with E-state index in [-0.39, 0.29) is 6.09 Å². The number of rotatable bonds is 4. The van der Waals surface area contributed by atoms with E-state index in [4.69, 9.17) is 4.74 Å². The zero-order chi connectivity index (χ0) is 14.0. The molecule has 8 heteroatoms. The normalized spacial score (nSPS) is 15.7. The maximum atomic E-state index is 11.6. The summed E-state index contributed by atoms with van der Waals surface area (Å²) in [6.45, 7) is 0.870. The van der Waals surface area contributed by atoms with Gasteiger partial charge in [-0.3, -0.25) is 9.62 Å². The van der Waals surface area contributed by atoms with Crippen molar-refractivity contribution >= 4 is 27.7 Å². The maximum Gasteiger partial charge on any atom is 0.414 e. The Kier molecular flexibility index (Phi) is 3.63. The van der Waals surface area contributed by atoms with E-state index < -0.39 is 10.2 Å². The zero-order valence-electron chi connectivity index (χ0n) is 10.7. The van der Waals surface area contributed by atoms with Crippen LogP contribution in [0.3, 0.4) is 0 Å². The van der Waals surface area contributed by atoms with Gasteiger partial charge in [-0.05, 0) is 24.3 Å². The van der Waals surface area contributed by atoms with Crippen molar-refractivity contribution in [2.75, 3.05) is 36.9 Å². The summed E-state index contributed by atoms with van der Waals surface area (Å²) in [5.41, 5.74) is 1.11. The Labute approximate surface area is 111 Å². The van der Waals surface area contributed by atoms with Crippen molar-refractivity contribution in [3.8, 4) is 0 Å². The quantitative estimate of drug-likeness (QED) is 0.890. The van der Waals surface area contributed by atoms with Crippen LogP contribution in [0.5, 0.6) is 0 Å². The average Bonchev–Trinajstić information content (AvgIpc) is 2.76. The Morgan fingerprint density at radius 1 is 1.26 bits per heavy atom. The minimum Gasteiger partial charge on any atom is -0.447 e. The summed E-state index contributed by atoms with van der Waals surface area (Å²) < 4.78 is 31.6. The topological polar surface area (TPSA) is 79.0 Å². The number of nitrogens with zero attached hydrogens (tertiary/aromatic N) is 2. The Bertz CT molecular complexity index is 568. The monoisotopic (exact) mass is 285 g/mol. The first-order valence-corrected chi connectivity index (χ1v) is 7.09. The molecule has 7 nitrogen and oxygen atoms in total. The molecule has 0 unspecified atom stereocenters. The number of hydrogen-bond donors (Lipinski definition) is 1. The summed E-state index contributed by atoms with van der Waals surface area (Å²) in [5, 5.41) is 0. The van der Waals surface area contributed by atoms with Gasteiger partial charge in [-0.1, -0.05) is 0 Å². The minimum absolute atomic E-state index is 0.369. The van der Waals surface area contributed by atoms with Gasteiger partial charge in [0.1, 0.15) is 6.61 Å². The Morgan fingerprint density at radius 3 is 2.37 bits per heavy atom. The number of amides is 1. The molecule has 0 saturated carbocycles. The summed E-state index contributed by atoms with van der Waals surface area (Å²) >= 11 is 0. The van der Waals surface area contributed by atoms with Crippen molar-refractivity contribution in [2.45, 2.75) is 0 Å². The molecule has 1 aromatic carbocycles. The van der Waals surface area contributed by atoms with Crippen LogP contribution < -0.4 is 9.62 Å². The molecule has 0 atom stereocenters. The van der Waals surface area contributed by atoms with Gasteiger partial charge in [-0.15, -0.1) is 0 Å². The molecule has 0 spiro atoms. The van der Waals surface area contributed by atoms with Gasteiger partial charge in [0.2, 0.25) is 0 Å². The highest BCUT2D eigenvalue weighted by Gasteiger charge is 2.23. The Hall–Kier alpha value is -1.80. The highest BCUT2D eigenvalue weighted by Crippen LogP contribution is 2.21. The number of nitrogens with one attached hydrogen (secondary N) is 1. The summed E-state index contributed by atoms with van der Waals surface area (Å²) in [5.74, 6) is 0. The van der Waals surface area contributed by atoms with Gasteiger partial charge in [0.15, 0.2) is 0 Å². The second-order valence-electron chi connectivity index (χ2n) is 4.20. The van der Waals surface area contributed by atoms with E-state index in [0.717, 1.165) is 4.31 Å². The number of benzene rings is 1. The molecule has 0 radical (unpaired) electrons. The number of carbonyl (C=O) groups is 1. The maximum absolute atomic E-state index is 11.6. The van der Waals surface area contributed by atoms with Crippen molar-refractivity contribution in [1.29, 1.82) is 0 Å². The third-order valence-electron chi connectivity index (χ3n) is 2.67. The van der Waals surface area contributed by atoms with Crippen molar-refractivity contribution in [1.82, 2.24) is 4.31 Å². The zero-order valence-corrected chi connectivity index (χ0v) is 11.5. The molecule has 1 saturated heterocycles. The molecular weight excluding hydrogens is 270 g/mol. The second-order valence-corrected chi connectivity index (χ2v) is 6.09. The average molecular weight is 285 g/mol. The first-order chi connectivity index (χ1) is 8.90. The van der Waals surface area contributed by atoms with Crippen LogP contribution in [-0.2, 0) is 14.9 Å². The Balaban J connectivity index is 2.13. The van der Waals surface area contributed by atoms with E-state index >= 15 is 0 Å². The fourth-order valence-electron chi connectivity index (χ4n) is 1.58. The fourth-order valence-corrected chi connectivity index (χ4v) is 2.19. The number of cyclic esters (lactones) is 1. The van der Waals surface area contributed by atoms with Gasteiger partial charge in [-0.2, -0.15) is 12.7 Å². The van der Waals surface area contributed by atoms with Gasteiger partial charge in [0.25, 0.3) is 0 Å². The van der Waals surface area contributed by atoms with Crippen LogP contribution in [0.2, 0.25) is 0 Å². The second kappa shape index (κ2) is 5.06. The lowest BCUT2D eigenvalue weighted by Crippen LogP contribution is -2.29. The van der Waals surface area contributed by atoms with E-state index in [2.05, 4.69) is 4.72 Å². The number of anilines is 2. The van der Waals surface area contributed by atoms with Crippen molar-refractivity contribution < 1.29 is 17.9 Å². The lowest BCUT2D eigenvalue weighted by atomic mass is 10.2. The SMILES string of the molecule is CN(C)S(=O)(=O)Nc1ccc(N2CCOC2=O)cc1. The standard InChI is InChI=1S/C11H15N3O4S/c1-13(2)19(16,17)12-9-3-5-10(6-4-9)14-7-8-18-11(14)15/h3-6,12H,7-8H2,1-2H3. The lowest BCUT2D eigenvalue weighted by Gasteiger charge is -2.15. The molecular formula is C11H15N3O4S. The van der Waals surface area contributed by atoms with E-state index in [1.54, 1.807) is 24.3 Å². The number of carbonyl (C=O) groups excluding carboxylic acids is 1. The van der Waals surface area contributed by atoms with E-state index in [1.807, 2.05) is 0 Å². The van der Waals surface area contributed by atoms with Crippen LogP contribution in [0.25, 0.3) is 0 Å². The minimum atomic E-state index is -3.52. The first-order valence-electron chi connectivity index (χ1n) is 5.65. The van der Waals surface area contributed by atoms with E-state index in [0.29, 0.717) is 24.5 Å².